The topological polar surface area (TPSA) is 134 Å². The number of para-hydroxylation sites is 3. The van der Waals surface area contributed by atoms with Gasteiger partial charge in [0, 0.05) is 73.0 Å². The third-order valence-corrected chi connectivity index (χ3v) is 17.4. The standard InChI is InChI=1S/C44H28N6.C42H27N5/c1-3-10-30(11-4-1)42-48-43(31-12-5-2-6-13-31)50-44(49-42)36-15-9-14-34(27-36)37-23-21-35-26-32(20-22-38(35)46-37)33-18-17-29-19-24-40(47-41(29)28-33)39-16-7-8-25-45-39;1-2-11-34(12-3-1)47-41-15-5-4-14-39(41)46-42(47)33-10-8-9-31(26-33)35-22-20-32-25-29(19-21-36(32)44-35)30-17-16-28-18-23-38(45-40(28)27-30)37-13-6-7-24-43-37/h1-28H;1-27H. The molecule has 0 aliphatic rings. The summed E-state index contributed by atoms with van der Waals surface area (Å²) in [5.41, 5.74) is 22.4. The van der Waals surface area contributed by atoms with Crippen LogP contribution in [0.15, 0.2) is 334 Å². The molecule has 11 nitrogen and oxygen atoms in total. The van der Waals surface area contributed by atoms with Crippen molar-refractivity contribution in [2.45, 2.75) is 0 Å². The van der Waals surface area contributed by atoms with E-state index in [9.17, 15) is 0 Å². The molecule has 0 aliphatic carbocycles. The smallest absolute Gasteiger partial charge is 0.164 e. The van der Waals surface area contributed by atoms with Gasteiger partial charge in [-0.15, -0.1) is 0 Å². The summed E-state index contributed by atoms with van der Waals surface area (Å²) < 4.78 is 2.23. The number of hydrogen-bond donors (Lipinski definition) is 0. The maximum Gasteiger partial charge on any atom is 0.164 e. The summed E-state index contributed by atoms with van der Waals surface area (Å²) in [6, 6.07) is 110. The second kappa shape index (κ2) is 25.3. The normalized spacial score (nSPS) is 11.3. The first kappa shape index (κ1) is 57.5. The molecule has 0 atom stereocenters. The van der Waals surface area contributed by atoms with Crippen molar-refractivity contribution in [2.24, 2.45) is 0 Å². The number of rotatable bonds is 11. The van der Waals surface area contributed by atoms with Crippen LogP contribution in [-0.4, -0.2) is 54.4 Å². The highest BCUT2D eigenvalue weighted by Gasteiger charge is 2.18. The van der Waals surface area contributed by atoms with Crippen LogP contribution < -0.4 is 0 Å². The van der Waals surface area contributed by atoms with E-state index in [-0.39, 0.29) is 0 Å². The Kier molecular flexibility index (Phi) is 15.0. The molecule has 10 aromatic carbocycles. The third kappa shape index (κ3) is 11.8. The summed E-state index contributed by atoms with van der Waals surface area (Å²) in [7, 11) is 0. The average molecular weight is 1240 g/mol. The molecule has 0 saturated carbocycles. The van der Waals surface area contributed by atoms with Gasteiger partial charge in [0.2, 0.25) is 0 Å². The highest BCUT2D eigenvalue weighted by atomic mass is 15.1. The van der Waals surface area contributed by atoms with Crippen LogP contribution in [0.3, 0.4) is 0 Å². The summed E-state index contributed by atoms with van der Waals surface area (Å²) in [4.78, 5) is 48.7. The lowest BCUT2D eigenvalue weighted by molar-refractivity contribution is 1.07. The number of hydrogen-bond acceptors (Lipinski definition) is 10. The van der Waals surface area contributed by atoms with Crippen LogP contribution in [0.5, 0.6) is 0 Å². The van der Waals surface area contributed by atoms with Crippen molar-refractivity contribution in [3.05, 3.63) is 334 Å². The van der Waals surface area contributed by atoms with Crippen molar-refractivity contribution >= 4 is 54.6 Å². The molecule has 8 heterocycles. The molecule has 97 heavy (non-hydrogen) atoms. The Hall–Kier alpha value is -13.4. The van der Waals surface area contributed by atoms with E-state index in [0.717, 1.165) is 156 Å². The zero-order valence-electron chi connectivity index (χ0n) is 52.2. The van der Waals surface area contributed by atoms with E-state index in [1.54, 1.807) is 12.4 Å². The van der Waals surface area contributed by atoms with E-state index in [1.165, 1.54) is 0 Å². The van der Waals surface area contributed by atoms with Crippen LogP contribution in [0.25, 0.3) is 173 Å². The summed E-state index contributed by atoms with van der Waals surface area (Å²) >= 11 is 0. The number of imidazole rings is 1. The molecule has 454 valence electrons. The van der Waals surface area contributed by atoms with Gasteiger partial charge < -0.3 is 0 Å². The molecule has 0 fully saturated rings. The molecule has 11 heteroatoms. The van der Waals surface area contributed by atoms with E-state index in [4.69, 9.17) is 39.9 Å². The van der Waals surface area contributed by atoms with Crippen molar-refractivity contribution in [1.82, 2.24) is 54.4 Å². The monoisotopic (exact) mass is 1240 g/mol. The third-order valence-electron chi connectivity index (χ3n) is 17.4. The lowest BCUT2D eigenvalue weighted by Crippen LogP contribution is -2.00. The Morgan fingerprint density at radius 1 is 0.196 bits per heavy atom. The molecule has 8 aromatic heterocycles. The molecule has 0 amide bonds. The Morgan fingerprint density at radius 2 is 0.598 bits per heavy atom. The maximum atomic E-state index is 5.09. The van der Waals surface area contributed by atoms with E-state index in [0.29, 0.717) is 17.5 Å². The van der Waals surface area contributed by atoms with Crippen LogP contribution in [0.1, 0.15) is 0 Å². The van der Waals surface area contributed by atoms with Crippen molar-refractivity contribution in [2.75, 3.05) is 0 Å². The quantitative estimate of drug-likeness (QED) is 0.123. The lowest BCUT2D eigenvalue weighted by Gasteiger charge is -2.11. The van der Waals surface area contributed by atoms with Crippen molar-refractivity contribution < 1.29 is 0 Å². The van der Waals surface area contributed by atoms with Crippen LogP contribution in [0.4, 0.5) is 0 Å². The Morgan fingerprint density at radius 3 is 1.13 bits per heavy atom. The van der Waals surface area contributed by atoms with Gasteiger partial charge in [-0.25, -0.2) is 39.9 Å². The van der Waals surface area contributed by atoms with Gasteiger partial charge in [-0.2, -0.15) is 0 Å². The van der Waals surface area contributed by atoms with E-state index in [2.05, 4.69) is 203 Å². The van der Waals surface area contributed by atoms with Crippen molar-refractivity contribution in [1.29, 1.82) is 0 Å². The number of fused-ring (bicyclic) bond motifs is 5. The summed E-state index contributed by atoms with van der Waals surface area (Å²) in [6.07, 6.45) is 3.59. The lowest BCUT2D eigenvalue weighted by atomic mass is 10.0. The fourth-order valence-electron chi connectivity index (χ4n) is 12.5. The molecule has 0 aliphatic heterocycles. The molecule has 0 spiro atoms. The Bertz CT molecular complexity index is 5890. The fraction of sp³-hybridized carbons (Fsp3) is 0. The highest BCUT2D eigenvalue weighted by molar-refractivity contribution is 5.93. The predicted molar refractivity (Wildman–Crippen MR) is 392 cm³/mol. The van der Waals surface area contributed by atoms with Crippen molar-refractivity contribution in [3.8, 4) is 119 Å². The van der Waals surface area contributed by atoms with Crippen LogP contribution in [0.2, 0.25) is 0 Å². The molecule has 0 N–H and O–H groups in total. The first-order valence-corrected chi connectivity index (χ1v) is 32.1. The van der Waals surface area contributed by atoms with E-state index < -0.39 is 0 Å². The average Bonchev–Trinajstić information content (AvgIpc) is 1.46. The Balaban J connectivity index is 0.000000147. The minimum Gasteiger partial charge on any atom is -0.292 e. The van der Waals surface area contributed by atoms with E-state index in [1.807, 2.05) is 133 Å². The highest BCUT2D eigenvalue weighted by Crippen LogP contribution is 2.36. The van der Waals surface area contributed by atoms with Gasteiger partial charge in [0.15, 0.2) is 17.5 Å². The minimum atomic E-state index is 0.613. The zero-order chi connectivity index (χ0) is 64.4. The summed E-state index contributed by atoms with van der Waals surface area (Å²) in [6.45, 7) is 0. The van der Waals surface area contributed by atoms with Gasteiger partial charge in [0.1, 0.15) is 5.82 Å². The molecule has 18 rings (SSSR count). The minimum absolute atomic E-state index is 0.613. The summed E-state index contributed by atoms with van der Waals surface area (Å²) in [5, 5.41) is 4.34. The number of aromatic nitrogens is 11. The SMILES string of the molecule is c1ccc(-c2nc(-c3ccccc3)nc(-c3cccc(-c4ccc5cc(-c6ccc7ccc(-c8ccccn8)nc7c6)ccc5n4)c3)n2)cc1.c1ccc(-n2c(-c3cccc(-c4ccc5cc(-c6ccc7ccc(-c8ccccn8)nc7c6)ccc5n4)c3)nc3ccccc32)cc1. The van der Waals surface area contributed by atoms with Crippen molar-refractivity contribution in [3.63, 3.8) is 0 Å². The van der Waals surface area contributed by atoms with Gasteiger partial charge in [-0.1, -0.05) is 200 Å². The molecular formula is C86H55N11. The van der Waals surface area contributed by atoms with Crippen LogP contribution in [0, 0.1) is 0 Å². The predicted octanol–water partition coefficient (Wildman–Crippen LogP) is 20.5. The van der Waals surface area contributed by atoms with Gasteiger partial charge in [-0.3, -0.25) is 14.5 Å². The number of nitrogens with zero attached hydrogens (tertiary/aromatic N) is 11. The van der Waals surface area contributed by atoms with E-state index >= 15 is 0 Å². The maximum absolute atomic E-state index is 5.09. The van der Waals surface area contributed by atoms with Crippen LogP contribution >= 0.6 is 0 Å². The molecule has 0 bridgehead atoms. The second-order valence-corrected chi connectivity index (χ2v) is 23.6. The number of benzene rings is 10. The first-order chi connectivity index (χ1) is 48.0. The first-order valence-electron chi connectivity index (χ1n) is 32.1. The van der Waals surface area contributed by atoms with Gasteiger partial charge in [0.05, 0.1) is 67.3 Å². The second-order valence-electron chi connectivity index (χ2n) is 23.6. The van der Waals surface area contributed by atoms with Crippen LogP contribution in [-0.2, 0) is 0 Å². The summed E-state index contributed by atoms with van der Waals surface area (Å²) in [5.74, 6) is 2.79. The fourth-order valence-corrected chi connectivity index (χ4v) is 12.5. The van der Waals surface area contributed by atoms with Gasteiger partial charge in [-0.05, 0) is 144 Å². The molecule has 0 radical (unpaired) electrons. The van der Waals surface area contributed by atoms with Gasteiger partial charge in [0.25, 0.3) is 0 Å². The molecular weight excluding hydrogens is 1190 g/mol. The zero-order valence-corrected chi connectivity index (χ0v) is 52.2. The molecule has 0 saturated heterocycles. The molecule has 0 unspecified atom stereocenters. The number of pyridine rings is 6. The van der Waals surface area contributed by atoms with Gasteiger partial charge >= 0.3 is 0 Å². The largest absolute Gasteiger partial charge is 0.292 e. The molecule has 18 aromatic rings. The Labute approximate surface area is 558 Å².